The molecular formula is C17H24FN3O2. The third-order valence-corrected chi connectivity index (χ3v) is 4.48. The van der Waals surface area contributed by atoms with Crippen LogP contribution in [0.25, 0.3) is 0 Å². The molecule has 5 nitrogen and oxygen atoms in total. The number of benzene rings is 1. The minimum absolute atomic E-state index is 0.00700. The molecule has 2 aliphatic rings. The lowest BCUT2D eigenvalue weighted by molar-refractivity contribution is 0.208. The standard InChI is InChI=1S/C17H24FN3O2/c1-2-19-17(22)21-8-7-13(11-21)20-15-4-3-9-23-16-6-5-12(18)10-14(15)16/h5-6,10,13,15,20H,2-4,7-9,11H2,1H3,(H,19,22)/t13-,15+/m0/s1. The van der Waals surface area contributed by atoms with Crippen LogP contribution >= 0.6 is 0 Å². The van der Waals surface area contributed by atoms with E-state index in [0.717, 1.165) is 37.1 Å². The van der Waals surface area contributed by atoms with Gasteiger partial charge in [-0.1, -0.05) is 0 Å². The molecule has 1 aromatic rings. The fourth-order valence-electron chi connectivity index (χ4n) is 3.35. The minimum Gasteiger partial charge on any atom is -0.493 e. The largest absolute Gasteiger partial charge is 0.493 e. The maximum atomic E-state index is 13.6. The predicted octanol–water partition coefficient (Wildman–Crippen LogP) is 2.43. The van der Waals surface area contributed by atoms with Crippen molar-refractivity contribution in [3.05, 3.63) is 29.6 Å². The number of fused-ring (bicyclic) bond motifs is 1. The summed E-state index contributed by atoms with van der Waals surface area (Å²) in [6.07, 6.45) is 2.76. The van der Waals surface area contributed by atoms with E-state index in [4.69, 9.17) is 4.74 Å². The molecule has 2 aliphatic heterocycles. The van der Waals surface area contributed by atoms with Gasteiger partial charge in [-0.15, -0.1) is 0 Å². The number of hydrogen-bond acceptors (Lipinski definition) is 3. The van der Waals surface area contributed by atoms with Crippen LogP contribution in [0.15, 0.2) is 18.2 Å². The second-order valence-electron chi connectivity index (χ2n) is 6.16. The van der Waals surface area contributed by atoms with Gasteiger partial charge in [-0.25, -0.2) is 9.18 Å². The maximum absolute atomic E-state index is 13.6. The molecule has 23 heavy (non-hydrogen) atoms. The Morgan fingerprint density at radius 3 is 3.13 bits per heavy atom. The van der Waals surface area contributed by atoms with Crippen molar-refractivity contribution in [2.45, 2.75) is 38.3 Å². The first-order chi connectivity index (χ1) is 11.2. The van der Waals surface area contributed by atoms with Crippen LogP contribution in [-0.2, 0) is 0 Å². The first-order valence-electron chi connectivity index (χ1n) is 8.38. The van der Waals surface area contributed by atoms with Crippen molar-refractivity contribution in [2.24, 2.45) is 0 Å². The van der Waals surface area contributed by atoms with E-state index in [1.54, 1.807) is 12.1 Å². The second kappa shape index (κ2) is 7.17. The number of likely N-dealkylation sites (tertiary alicyclic amines) is 1. The van der Waals surface area contributed by atoms with Gasteiger partial charge in [0.15, 0.2) is 0 Å². The van der Waals surface area contributed by atoms with E-state index in [1.807, 2.05) is 11.8 Å². The van der Waals surface area contributed by atoms with Crippen LogP contribution in [0.3, 0.4) is 0 Å². The third-order valence-electron chi connectivity index (χ3n) is 4.48. The Morgan fingerprint density at radius 2 is 2.30 bits per heavy atom. The Hall–Kier alpha value is -1.82. The molecule has 0 aliphatic carbocycles. The monoisotopic (exact) mass is 321 g/mol. The Balaban J connectivity index is 1.67. The number of nitrogens with zero attached hydrogens (tertiary/aromatic N) is 1. The van der Waals surface area contributed by atoms with Gasteiger partial charge in [0.2, 0.25) is 0 Å². The first kappa shape index (κ1) is 16.1. The molecule has 0 spiro atoms. The molecule has 2 atom stereocenters. The number of rotatable bonds is 3. The molecule has 126 valence electrons. The Labute approximate surface area is 136 Å². The van der Waals surface area contributed by atoms with Crippen molar-refractivity contribution in [1.29, 1.82) is 0 Å². The van der Waals surface area contributed by atoms with Gasteiger partial charge in [0, 0.05) is 37.3 Å². The molecule has 0 bridgehead atoms. The number of halogens is 1. The zero-order valence-corrected chi connectivity index (χ0v) is 13.5. The summed E-state index contributed by atoms with van der Waals surface area (Å²) in [6.45, 7) is 4.66. The van der Waals surface area contributed by atoms with Gasteiger partial charge in [0.05, 0.1) is 6.61 Å². The number of nitrogens with one attached hydrogen (secondary N) is 2. The minimum atomic E-state index is -0.239. The van der Waals surface area contributed by atoms with Crippen LogP contribution in [0.5, 0.6) is 5.75 Å². The number of hydrogen-bond donors (Lipinski definition) is 2. The van der Waals surface area contributed by atoms with Gasteiger partial charge in [-0.3, -0.25) is 0 Å². The van der Waals surface area contributed by atoms with Gasteiger partial charge in [0.1, 0.15) is 11.6 Å². The average Bonchev–Trinajstić information content (AvgIpc) is 2.91. The summed E-state index contributed by atoms with van der Waals surface area (Å²) in [5.74, 6) is 0.524. The topological polar surface area (TPSA) is 53.6 Å². The molecule has 0 radical (unpaired) electrons. The van der Waals surface area contributed by atoms with Crippen LogP contribution in [0.1, 0.15) is 37.8 Å². The average molecular weight is 321 g/mol. The molecule has 1 saturated heterocycles. The van der Waals surface area contributed by atoms with Gasteiger partial charge in [-0.2, -0.15) is 0 Å². The number of carbonyl (C=O) groups excluding carboxylic acids is 1. The van der Waals surface area contributed by atoms with Crippen LogP contribution in [0.4, 0.5) is 9.18 Å². The molecular weight excluding hydrogens is 297 g/mol. The van der Waals surface area contributed by atoms with E-state index in [1.165, 1.54) is 6.07 Å². The van der Waals surface area contributed by atoms with E-state index in [9.17, 15) is 9.18 Å². The van der Waals surface area contributed by atoms with E-state index in [2.05, 4.69) is 10.6 Å². The number of carbonyl (C=O) groups is 1. The highest BCUT2D eigenvalue weighted by Gasteiger charge is 2.29. The van der Waals surface area contributed by atoms with Crippen molar-refractivity contribution in [1.82, 2.24) is 15.5 Å². The summed E-state index contributed by atoms with van der Waals surface area (Å²) in [5, 5.41) is 6.43. The van der Waals surface area contributed by atoms with Gasteiger partial charge in [0.25, 0.3) is 0 Å². The lowest BCUT2D eigenvalue weighted by Gasteiger charge is -2.23. The molecule has 3 rings (SSSR count). The Morgan fingerprint density at radius 1 is 1.43 bits per heavy atom. The molecule has 0 aromatic heterocycles. The molecule has 2 amide bonds. The molecule has 2 heterocycles. The molecule has 0 saturated carbocycles. The van der Waals surface area contributed by atoms with Crippen molar-refractivity contribution in [3.63, 3.8) is 0 Å². The second-order valence-corrected chi connectivity index (χ2v) is 6.16. The fourth-order valence-corrected chi connectivity index (χ4v) is 3.35. The quantitative estimate of drug-likeness (QED) is 0.899. The lowest BCUT2D eigenvalue weighted by Crippen LogP contribution is -2.41. The molecule has 2 N–H and O–H groups in total. The van der Waals surface area contributed by atoms with Crippen molar-refractivity contribution in [3.8, 4) is 5.75 Å². The van der Waals surface area contributed by atoms with E-state index in [0.29, 0.717) is 19.7 Å². The summed E-state index contributed by atoms with van der Waals surface area (Å²) in [5.41, 5.74) is 0.888. The zero-order valence-electron chi connectivity index (χ0n) is 13.5. The summed E-state index contributed by atoms with van der Waals surface area (Å²) in [7, 11) is 0. The van der Waals surface area contributed by atoms with Crippen molar-refractivity contribution >= 4 is 6.03 Å². The number of ether oxygens (including phenoxy) is 1. The predicted molar refractivity (Wildman–Crippen MR) is 86.1 cm³/mol. The normalized spacial score (nSPS) is 23.8. The van der Waals surface area contributed by atoms with Gasteiger partial charge < -0.3 is 20.3 Å². The number of urea groups is 1. The van der Waals surface area contributed by atoms with Crippen molar-refractivity contribution in [2.75, 3.05) is 26.2 Å². The highest BCUT2D eigenvalue weighted by atomic mass is 19.1. The highest BCUT2D eigenvalue weighted by molar-refractivity contribution is 5.74. The number of amides is 2. The fraction of sp³-hybridized carbons (Fsp3) is 0.588. The Bertz CT molecular complexity index is 567. The molecule has 0 unspecified atom stereocenters. The third kappa shape index (κ3) is 3.75. The first-order valence-corrected chi connectivity index (χ1v) is 8.38. The molecule has 1 aromatic carbocycles. The summed E-state index contributed by atoms with van der Waals surface area (Å²) < 4.78 is 19.3. The molecule has 6 heteroatoms. The smallest absolute Gasteiger partial charge is 0.317 e. The van der Waals surface area contributed by atoms with Gasteiger partial charge in [-0.05, 0) is 44.4 Å². The van der Waals surface area contributed by atoms with Crippen LogP contribution in [0, 0.1) is 5.82 Å². The maximum Gasteiger partial charge on any atom is 0.317 e. The zero-order chi connectivity index (χ0) is 16.2. The van der Waals surface area contributed by atoms with E-state index >= 15 is 0 Å². The van der Waals surface area contributed by atoms with Crippen LogP contribution < -0.4 is 15.4 Å². The SMILES string of the molecule is CCNC(=O)N1CC[C@H](N[C@@H]2CCCOc3ccc(F)cc32)C1. The highest BCUT2D eigenvalue weighted by Crippen LogP contribution is 2.33. The van der Waals surface area contributed by atoms with Gasteiger partial charge >= 0.3 is 6.03 Å². The van der Waals surface area contributed by atoms with Crippen LogP contribution in [0.2, 0.25) is 0 Å². The lowest BCUT2D eigenvalue weighted by atomic mass is 10.0. The van der Waals surface area contributed by atoms with Crippen LogP contribution in [-0.4, -0.2) is 43.2 Å². The van der Waals surface area contributed by atoms with E-state index < -0.39 is 0 Å². The summed E-state index contributed by atoms with van der Waals surface area (Å²) in [4.78, 5) is 13.7. The molecule has 1 fully saturated rings. The van der Waals surface area contributed by atoms with Crippen molar-refractivity contribution < 1.29 is 13.9 Å². The van der Waals surface area contributed by atoms with E-state index in [-0.39, 0.29) is 23.9 Å². The summed E-state index contributed by atoms with van der Waals surface area (Å²) in [6, 6.07) is 5.01. The summed E-state index contributed by atoms with van der Waals surface area (Å²) >= 11 is 0. The Kier molecular flexibility index (Phi) is 5.00.